The second kappa shape index (κ2) is 9.93. The lowest BCUT2D eigenvalue weighted by atomic mass is 9.87. The lowest BCUT2D eigenvalue weighted by Crippen LogP contribution is -2.55. The Morgan fingerprint density at radius 1 is 1.00 bits per heavy atom. The van der Waals surface area contributed by atoms with Crippen molar-refractivity contribution < 1.29 is 32.2 Å². The van der Waals surface area contributed by atoms with Crippen molar-refractivity contribution >= 4 is 16.0 Å². The molecule has 0 N–H and O–H groups in total. The quantitative estimate of drug-likeness (QED) is 0.499. The minimum Gasteiger partial charge on any atom is -0.497 e. The summed E-state index contributed by atoms with van der Waals surface area (Å²) >= 11 is 0. The Hall–Kier alpha value is -2.46. The number of carbonyl (C=O) groups excluding carboxylic acids is 1. The Morgan fingerprint density at radius 2 is 1.66 bits per heavy atom. The second-order valence-corrected chi connectivity index (χ2v) is 13.3. The summed E-state index contributed by atoms with van der Waals surface area (Å²) in [6.07, 6.45) is 0.537. The molecule has 3 aliphatic rings. The van der Waals surface area contributed by atoms with Gasteiger partial charge in [-0.1, -0.05) is 30.3 Å². The summed E-state index contributed by atoms with van der Waals surface area (Å²) in [7, 11) is -1.09. The number of ether oxygens (including phenoxy) is 4. The molecule has 1 aliphatic carbocycles. The van der Waals surface area contributed by atoms with Crippen molar-refractivity contribution in [2.75, 3.05) is 27.3 Å². The van der Waals surface area contributed by atoms with Crippen LogP contribution in [-0.2, 0) is 29.0 Å². The molecule has 1 saturated carbocycles. The van der Waals surface area contributed by atoms with E-state index in [1.165, 1.54) is 17.0 Å². The smallest absolute Gasteiger partial charge is 0.328 e. The van der Waals surface area contributed by atoms with Gasteiger partial charge in [-0.2, -0.15) is 0 Å². The monoisotopic (exact) mass is 543 g/mol. The summed E-state index contributed by atoms with van der Waals surface area (Å²) in [5.41, 5.74) is 4.61. The van der Waals surface area contributed by atoms with E-state index in [1.807, 2.05) is 18.2 Å². The highest BCUT2D eigenvalue weighted by molar-refractivity contribution is 7.91. The molecule has 0 radical (unpaired) electrons. The van der Waals surface area contributed by atoms with Gasteiger partial charge >= 0.3 is 5.97 Å². The van der Waals surface area contributed by atoms with Crippen LogP contribution in [0.2, 0.25) is 0 Å². The summed E-state index contributed by atoms with van der Waals surface area (Å²) in [6, 6.07) is 14.5. The van der Waals surface area contributed by atoms with Gasteiger partial charge in [0.1, 0.15) is 5.75 Å². The van der Waals surface area contributed by atoms with Gasteiger partial charge in [-0.15, -0.1) is 0 Å². The van der Waals surface area contributed by atoms with E-state index in [0.29, 0.717) is 25.9 Å². The maximum Gasteiger partial charge on any atom is 0.328 e. The van der Waals surface area contributed by atoms with E-state index < -0.39 is 38.7 Å². The lowest BCUT2D eigenvalue weighted by molar-refractivity contribution is -0.160. The van der Waals surface area contributed by atoms with Gasteiger partial charge in [0, 0.05) is 25.9 Å². The molecule has 2 aromatic carbocycles. The number of sulfonamides is 1. The maximum atomic E-state index is 14.0. The SMILES string of the molecule is COC(=O)[C@]1(S(=O)(=O)N2CCC(c3ccc(-c4cccc(OC)c4)c(C)c3)CC2)C[C@@H]2OC(C)(C)O[C@@H]2C1. The van der Waals surface area contributed by atoms with Crippen LogP contribution in [0.1, 0.15) is 56.6 Å². The van der Waals surface area contributed by atoms with E-state index in [9.17, 15) is 13.2 Å². The Bertz CT molecular complexity index is 1300. The van der Waals surface area contributed by atoms with Crippen molar-refractivity contribution in [1.29, 1.82) is 0 Å². The predicted molar refractivity (Wildman–Crippen MR) is 143 cm³/mol. The molecule has 0 aromatic heterocycles. The predicted octanol–water partition coefficient (Wildman–Crippen LogP) is 4.41. The van der Waals surface area contributed by atoms with Crippen molar-refractivity contribution in [2.45, 2.75) is 75.1 Å². The van der Waals surface area contributed by atoms with Crippen LogP contribution in [-0.4, -0.2) is 68.7 Å². The fourth-order valence-corrected chi connectivity index (χ4v) is 8.62. The van der Waals surface area contributed by atoms with Crippen LogP contribution in [0.3, 0.4) is 0 Å². The average molecular weight is 544 g/mol. The molecule has 9 heteroatoms. The number of piperidine rings is 1. The minimum atomic E-state index is -3.99. The molecule has 5 rings (SSSR count). The highest BCUT2D eigenvalue weighted by Gasteiger charge is 2.65. The molecule has 2 heterocycles. The first-order chi connectivity index (χ1) is 18.0. The van der Waals surface area contributed by atoms with Gasteiger partial charge in [-0.3, -0.25) is 4.79 Å². The number of benzene rings is 2. The van der Waals surface area contributed by atoms with E-state index in [2.05, 4.69) is 31.2 Å². The highest BCUT2D eigenvalue weighted by Crippen LogP contribution is 2.48. The number of nitrogens with zero attached hydrogens (tertiary/aromatic N) is 1. The number of methoxy groups -OCH3 is 2. The van der Waals surface area contributed by atoms with Crippen LogP contribution in [0.15, 0.2) is 42.5 Å². The highest BCUT2D eigenvalue weighted by atomic mass is 32.2. The normalized spacial score (nSPS) is 27.7. The summed E-state index contributed by atoms with van der Waals surface area (Å²) in [4.78, 5) is 13.0. The molecule has 0 bridgehead atoms. The topological polar surface area (TPSA) is 91.4 Å². The minimum absolute atomic E-state index is 0.0426. The molecule has 0 spiro atoms. The van der Waals surface area contributed by atoms with Crippen LogP contribution in [0.4, 0.5) is 0 Å². The molecule has 2 saturated heterocycles. The summed E-state index contributed by atoms with van der Waals surface area (Å²) in [5, 5.41) is 0. The molecule has 8 nitrogen and oxygen atoms in total. The first-order valence-electron chi connectivity index (χ1n) is 13.2. The molecule has 3 atom stereocenters. The van der Waals surface area contributed by atoms with Crippen LogP contribution in [0.25, 0.3) is 11.1 Å². The third kappa shape index (κ3) is 4.63. The van der Waals surface area contributed by atoms with Crippen molar-refractivity contribution in [3.63, 3.8) is 0 Å². The number of hydrogen-bond donors (Lipinski definition) is 0. The first-order valence-corrected chi connectivity index (χ1v) is 14.6. The summed E-state index contributed by atoms with van der Waals surface area (Å²) in [5.74, 6) is -0.469. The van der Waals surface area contributed by atoms with Gasteiger partial charge in [-0.25, -0.2) is 12.7 Å². The number of aryl methyl sites for hydroxylation is 1. The number of hydrogen-bond acceptors (Lipinski definition) is 7. The molecule has 0 amide bonds. The van der Waals surface area contributed by atoms with E-state index in [-0.39, 0.29) is 18.8 Å². The molecule has 0 unspecified atom stereocenters. The fourth-order valence-electron chi connectivity index (χ4n) is 6.39. The Labute approximate surface area is 225 Å². The molecule has 206 valence electrons. The largest absolute Gasteiger partial charge is 0.497 e. The van der Waals surface area contributed by atoms with Crippen molar-refractivity contribution in [1.82, 2.24) is 4.31 Å². The zero-order valence-electron chi connectivity index (χ0n) is 22.7. The van der Waals surface area contributed by atoms with E-state index in [1.54, 1.807) is 21.0 Å². The summed E-state index contributed by atoms with van der Waals surface area (Å²) in [6.45, 7) is 6.40. The molecule has 38 heavy (non-hydrogen) atoms. The van der Waals surface area contributed by atoms with Gasteiger partial charge in [0.15, 0.2) is 10.5 Å². The van der Waals surface area contributed by atoms with Gasteiger partial charge in [-0.05, 0) is 73.9 Å². The third-order valence-corrected chi connectivity index (χ3v) is 10.8. The van der Waals surface area contributed by atoms with Crippen LogP contribution in [0, 0.1) is 6.92 Å². The van der Waals surface area contributed by atoms with Crippen molar-refractivity contribution in [2.24, 2.45) is 0 Å². The first kappa shape index (κ1) is 27.1. The zero-order chi connectivity index (χ0) is 27.3. The Kier molecular flexibility index (Phi) is 7.09. The van der Waals surface area contributed by atoms with E-state index in [0.717, 1.165) is 22.4 Å². The van der Waals surface area contributed by atoms with E-state index >= 15 is 0 Å². The second-order valence-electron chi connectivity index (χ2n) is 11.1. The van der Waals surface area contributed by atoms with Gasteiger partial charge < -0.3 is 18.9 Å². The maximum absolute atomic E-state index is 14.0. The fraction of sp³-hybridized carbons (Fsp3) is 0.552. The Morgan fingerprint density at radius 3 is 2.24 bits per heavy atom. The van der Waals surface area contributed by atoms with Crippen LogP contribution < -0.4 is 4.74 Å². The molecule has 2 aliphatic heterocycles. The van der Waals surface area contributed by atoms with Crippen LogP contribution in [0.5, 0.6) is 5.75 Å². The van der Waals surface area contributed by atoms with Gasteiger partial charge in [0.05, 0.1) is 26.4 Å². The number of esters is 1. The lowest BCUT2D eigenvalue weighted by Gasteiger charge is -2.37. The summed E-state index contributed by atoms with van der Waals surface area (Å²) < 4.78 is 50.0. The number of carbonyl (C=O) groups is 1. The van der Waals surface area contributed by atoms with Crippen molar-refractivity contribution in [3.05, 3.63) is 53.6 Å². The third-order valence-electron chi connectivity index (χ3n) is 8.29. The Balaban J connectivity index is 1.31. The molecule has 3 fully saturated rings. The molecular formula is C29H37NO7S. The number of fused-ring (bicyclic) bond motifs is 1. The number of rotatable bonds is 6. The standard InChI is InChI=1S/C29H37NO7S/c1-19-15-21(9-10-24(19)22-7-6-8-23(16-22)34-4)20-11-13-30(14-12-20)38(32,33)29(27(31)35-5)17-25-26(18-29)37-28(2,3)36-25/h6-10,15-16,20,25-26H,11-14,17-18H2,1-5H3/t25-,26+,29-. The van der Waals surface area contributed by atoms with E-state index in [4.69, 9.17) is 18.9 Å². The molecular weight excluding hydrogens is 506 g/mol. The van der Waals surface area contributed by atoms with Crippen molar-refractivity contribution in [3.8, 4) is 16.9 Å². The average Bonchev–Trinajstić information content (AvgIpc) is 3.39. The van der Waals surface area contributed by atoms with Crippen LogP contribution >= 0.6 is 0 Å². The zero-order valence-corrected chi connectivity index (χ0v) is 23.5. The van der Waals surface area contributed by atoms with Gasteiger partial charge in [0.25, 0.3) is 0 Å². The van der Waals surface area contributed by atoms with Gasteiger partial charge in [0.2, 0.25) is 10.0 Å². The molecule has 2 aromatic rings.